The summed E-state index contributed by atoms with van der Waals surface area (Å²) in [6.07, 6.45) is 7.88. The second kappa shape index (κ2) is 6.25. The van der Waals surface area contributed by atoms with E-state index in [-0.39, 0.29) is 0 Å². The molecule has 0 unspecified atom stereocenters. The molecule has 1 heterocycles. The number of benzene rings is 1. The van der Waals surface area contributed by atoms with E-state index in [0.717, 1.165) is 29.1 Å². The van der Waals surface area contributed by atoms with E-state index >= 15 is 0 Å². The lowest BCUT2D eigenvalue weighted by Gasteiger charge is -2.40. The molecule has 2 fully saturated rings. The molecule has 1 aliphatic carbocycles. The summed E-state index contributed by atoms with van der Waals surface area (Å²) in [6.45, 7) is 3.30. The number of nitrogens with zero attached hydrogens (tertiary/aromatic N) is 1. The summed E-state index contributed by atoms with van der Waals surface area (Å²) in [6, 6.07) is 6.16. The number of halogens is 2. The lowest BCUT2D eigenvalue weighted by atomic mass is 9.81. The van der Waals surface area contributed by atoms with Gasteiger partial charge in [0.25, 0.3) is 0 Å². The number of rotatable bonds is 1. The maximum Gasteiger partial charge on any atom is 0.0640 e. The van der Waals surface area contributed by atoms with Gasteiger partial charge < -0.3 is 10.2 Å². The SMILES string of the molecule is Clc1ccc(Br)cc1N1CCCNC2(CCCCC2)C1. The van der Waals surface area contributed by atoms with Crippen LogP contribution in [0.5, 0.6) is 0 Å². The van der Waals surface area contributed by atoms with Crippen molar-refractivity contribution in [3.05, 3.63) is 27.7 Å². The first-order valence-electron chi connectivity index (χ1n) is 7.64. The van der Waals surface area contributed by atoms with Crippen molar-refractivity contribution < 1.29 is 0 Å². The van der Waals surface area contributed by atoms with E-state index in [4.69, 9.17) is 11.6 Å². The number of hydrogen-bond donors (Lipinski definition) is 1. The van der Waals surface area contributed by atoms with Gasteiger partial charge in [-0.3, -0.25) is 0 Å². The average molecular weight is 358 g/mol. The maximum absolute atomic E-state index is 6.43. The first-order chi connectivity index (χ1) is 9.69. The highest BCUT2D eigenvalue weighted by Gasteiger charge is 2.35. The minimum absolute atomic E-state index is 0.306. The van der Waals surface area contributed by atoms with Crippen molar-refractivity contribution >= 4 is 33.2 Å². The molecule has 20 heavy (non-hydrogen) atoms. The summed E-state index contributed by atoms with van der Waals surface area (Å²) in [5.74, 6) is 0. The molecule has 0 radical (unpaired) electrons. The smallest absolute Gasteiger partial charge is 0.0640 e. The molecule has 3 rings (SSSR count). The third-order valence-electron chi connectivity index (χ3n) is 4.66. The topological polar surface area (TPSA) is 15.3 Å². The van der Waals surface area contributed by atoms with E-state index in [9.17, 15) is 0 Å². The normalized spacial score (nSPS) is 22.8. The van der Waals surface area contributed by atoms with Gasteiger partial charge >= 0.3 is 0 Å². The molecule has 110 valence electrons. The Labute approximate surface area is 135 Å². The molecule has 1 saturated heterocycles. The summed E-state index contributed by atoms with van der Waals surface area (Å²) < 4.78 is 1.10. The molecule has 1 N–H and O–H groups in total. The van der Waals surface area contributed by atoms with Crippen LogP contribution in [0.3, 0.4) is 0 Å². The fourth-order valence-electron chi connectivity index (χ4n) is 3.62. The molecule has 1 aromatic rings. The van der Waals surface area contributed by atoms with E-state index in [2.05, 4.69) is 32.2 Å². The second-order valence-corrected chi connectivity index (χ2v) is 7.46. The van der Waals surface area contributed by atoms with Crippen LogP contribution in [0.25, 0.3) is 0 Å². The van der Waals surface area contributed by atoms with E-state index in [1.807, 2.05) is 12.1 Å². The second-order valence-electron chi connectivity index (χ2n) is 6.14. The van der Waals surface area contributed by atoms with Gasteiger partial charge in [-0.05, 0) is 44.0 Å². The number of anilines is 1. The summed E-state index contributed by atoms with van der Waals surface area (Å²) >= 11 is 10.00. The first-order valence-corrected chi connectivity index (χ1v) is 8.81. The van der Waals surface area contributed by atoms with Gasteiger partial charge in [-0.2, -0.15) is 0 Å². The average Bonchev–Trinajstić information content (AvgIpc) is 2.65. The van der Waals surface area contributed by atoms with Crippen molar-refractivity contribution in [1.29, 1.82) is 0 Å². The lowest BCUT2D eigenvalue weighted by molar-refractivity contribution is 0.246. The number of hydrogen-bond acceptors (Lipinski definition) is 2. The molecular formula is C16H22BrClN2. The van der Waals surface area contributed by atoms with Gasteiger partial charge in [0.05, 0.1) is 10.7 Å². The van der Waals surface area contributed by atoms with E-state index in [0.29, 0.717) is 5.54 Å². The van der Waals surface area contributed by atoms with Gasteiger partial charge in [-0.25, -0.2) is 0 Å². The Balaban J connectivity index is 1.86. The maximum atomic E-state index is 6.43. The van der Waals surface area contributed by atoms with Crippen LogP contribution in [-0.4, -0.2) is 25.2 Å². The molecule has 1 spiro atoms. The van der Waals surface area contributed by atoms with Gasteiger partial charge in [0, 0.05) is 23.1 Å². The summed E-state index contributed by atoms with van der Waals surface area (Å²) in [4.78, 5) is 2.48. The highest BCUT2D eigenvalue weighted by molar-refractivity contribution is 9.10. The van der Waals surface area contributed by atoms with Crippen molar-refractivity contribution in [2.45, 2.75) is 44.1 Å². The fraction of sp³-hybridized carbons (Fsp3) is 0.625. The van der Waals surface area contributed by atoms with Crippen molar-refractivity contribution in [3.8, 4) is 0 Å². The van der Waals surface area contributed by atoms with Crippen LogP contribution in [0, 0.1) is 0 Å². The zero-order valence-electron chi connectivity index (χ0n) is 11.8. The van der Waals surface area contributed by atoms with Crippen LogP contribution in [0.2, 0.25) is 5.02 Å². The fourth-order valence-corrected chi connectivity index (χ4v) is 4.21. The van der Waals surface area contributed by atoms with Gasteiger partial charge in [-0.1, -0.05) is 46.8 Å². The highest BCUT2D eigenvalue weighted by Crippen LogP contribution is 2.35. The van der Waals surface area contributed by atoms with Gasteiger partial charge in [0.2, 0.25) is 0 Å². The minimum Gasteiger partial charge on any atom is -0.368 e. The molecule has 1 aliphatic heterocycles. The Kier molecular flexibility index (Phi) is 4.58. The monoisotopic (exact) mass is 356 g/mol. The van der Waals surface area contributed by atoms with Crippen LogP contribution in [0.15, 0.2) is 22.7 Å². The van der Waals surface area contributed by atoms with Crippen molar-refractivity contribution in [1.82, 2.24) is 5.32 Å². The van der Waals surface area contributed by atoms with E-state index < -0.39 is 0 Å². The molecule has 2 aliphatic rings. The third-order valence-corrected chi connectivity index (χ3v) is 5.47. The van der Waals surface area contributed by atoms with Crippen LogP contribution < -0.4 is 10.2 Å². The predicted octanol–water partition coefficient (Wildman–Crippen LogP) is 4.61. The van der Waals surface area contributed by atoms with Gasteiger partial charge in [0.1, 0.15) is 0 Å². The van der Waals surface area contributed by atoms with Crippen LogP contribution in [-0.2, 0) is 0 Å². The van der Waals surface area contributed by atoms with Crippen molar-refractivity contribution in [3.63, 3.8) is 0 Å². The molecular weight excluding hydrogens is 336 g/mol. The van der Waals surface area contributed by atoms with Crippen LogP contribution in [0.4, 0.5) is 5.69 Å². The standard InChI is InChI=1S/C16H22BrClN2/c17-13-5-6-14(18)15(11-13)20-10-4-9-19-16(12-20)7-2-1-3-8-16/h5-6,11,19H,1-4,7-10,12H2. The Hall–Kier alpha value is -0.250. The molecule has 0 aromatic heterocycles. The Morgan fingerprint density at radius 2 is 1.95 bits per heavy atom. The Morgan fingerprint density at radius 3 is 2.75 bits per heavy atom. The quantitative estimate of drug-likeness (QED) is 0.790. The van der Waals surface area contributed by atoms with Gasteiger partial charge in [-0.15, -0.1) is 0 Å². The Bertz CT molecular complexity index is 472. The molecule has 0 bridgehead atoms. The molecule has 0 amide bonds. The summed E-state index contributed by atoms with van der Waals surface area (Å²) in [5, 5.41) is 4.70. The zero-order valence-corrected chi connectivity index (χ0v) is 14.1. The summed E-state index contributed by atoms with van der Waals surface area (Å²) in [7, 11) is 0. The van der Waals surface area contributed by atoms with E-state index in [1.165, 1.54) is 44.2 Å². The third kappa shape index (κ3) is 3.15. The first kappa shape index (κ1) is 14.7. The Morgan fingerprint density at radius 1 is 1.15 bits per heavy atom. The molecule has 2 nitrogen and oxygen atoms in total. The van der Waals surface area contributed by atoms with Gasteiger partial charge in [0.15, 0.2) is 0 Å². The highest BCUT2D eigenvalue weighted by atomic mass is 79.9. The van der Waals surface area contributed by atoms with Crippen molar-refractivity contribution in [2.75, 3.05) is 24.5 Å². The van der Waals surface area contributed by atoms with Crippen LogP contribution >= 0.6 is 27.5 Å². The lowest BCUT2D eigenvalue weighted by Crippen LogP contribution is -2.52. The minimum atomic E-state index is 0.306. The van der Waals surface area contributed by atoms with Crippen molar-refractivity contribution in [2.24, 2.45) is 0 Å². The number of nitrogens with one attached hydrogen (secondary N) is 1. The van der Waals surface area contributed by atoms with Crippen LogP contribution in [0.1, 0.15) is 38.5 Å². The van der Waals surface area contributed by atoms with E-state index in [1.54, 1.807) is 0 Å². The summed E-state index contributed by atoms with van der Waals surface area (Å²) in [5.41, 5.74) is 1.48. The predicted molar refractivity (Wildman–Crippen MR) is 89.8 cm³/mol. The molecule has 0 atom stereocenters. The molecule has 1 saturated carbocycles. The molecule has 4 heteroatoms. The zero-order chi connectivity index (χ0) is 14.0. The largest absolute Gasteiger partial charge is 0.368 e. The molecule has 1 aromatic carbocycles.